The molecule has 0 aromatic rings. The zero-order valence-corrected chi connectivity index (χ0v) is 45.6. The summed E-state index contributed by atoms with van der Waals surface area (Å²) in [6.07, 6.45) is 75.3. The van der Waals surface area contributed by atoms with Crippen LogP contribution in [0, 0.1) is 0 Å². The number of carbonyl (C=O) groups is 2. The maximum atomic E-state index is 12.9. The van der Waals surface area contributed by atoms with Gasteiger partial charge in [0.25, 0.3) is 0 Å². The zero-order chi connectivity index (χ0) is 49.2. The van der Waals surface area contributed by atoms with E-state index in [0.717, 1.165) is 70.6 Å². The summed E-state index contributed by atoms with van der Waals surface area (Å²) in [6, 6.07) is 0. The van der Waals surface area contributed by atoms with Crippen molar-refractivity contribution in [2.45, 2.75) is 309 Å². The summed E-state index contributed by atoms with van der Waals surface area (Å²) in [4.78, 5) is 25.5. The van der Waals surface area contributed by atoms with Gasteiger partial charge in [-0.15, -0.1) is 0 Å². The minimum Gasteiger partial charge on any atom is -0.462 e. The predicted molar refractivity (Wildman–Crippen MR) is 298 cm³/mol. The maximum absolute atomic E-state index is 12.9. The zero-order valence-electron chi connectivity index (χ0n) is 45.6. The van der Waals surface area contributed by atoms with Gasteiger partial charge in [-0.25, -0.2) is 0 Å². The van der Waals surface area contributed by atoms with E-state index in [1.165, 1.54) is 199 Å². The highest BCUT2D eigenvalue weighted by Gasteiger charge is 2.17. The van der Waals surface area contributed by atoms with Gasteiger partial charge in [-0.2, -0.15) is 0 Å². The van der Waals surface area contributed by atoms with E-state index < -0.39 is 6.10 Å². The number of esters is 2. The second kappa shape index (κ2) is 58.9. The Morgan fingerprint density at radius 3 is 1.07 bits per heavy atom. The number of hydrogen-bond donors (Lipinski definition) is 0. The fourth-order valence-corrected chi connectivity index (χ4v) is 8.57. The fraction of sp³-hybridized carbons (Fsp3) is 0.810. The highest BCUT2D eigenvalue weighted by atomic mass is 16.6. The maximum Gasteiger partial charge on any atom is 0.306 e. The summed E-state index contributed by atoms with van der Waals surface area (Å²) < 4.78 is 17.5. The minimum absolute atomic E-state index is 0.0765. The second-order valence-electron chi connectivity index (χ2n) is 19.9. The van der Waals surface area contributed by atoms with Crippen LogP contribution in [0.4, 0.5) is 0 Å². The molecule has 1 unspecified atom stereocenters. The lowest BCUT2D eigenvalue weighted by Crippen LogP contribution is -2.30. The molecule has 396 valence electrons. The molecule has 5 nitrogen and oxygen atoms in total. The average molecular weight is 952 g/mol. The lowest BCUT2D eigenvalue weighted by Gasteiger charge is -2.18. The van der Waals surface area contributed by atoms with E-state index in [2.05, 4.69) is 81.5 Å². The van der Waals surface area contributed by atoms with Crippen LogP contribution in [-0.4, -0.2) is 37.9 Å². The summed E-state index contributed by atoms with van der Waals surface area (Å²) in [5, 5.41) is 0. The fourth-order valence-electron chi connectivity index (χ4n) is 8.57. The molecule has 0 aromatic carbocycles. The van der Waals surface area contributed by atoms with Gasteiger partial charge in [0, 0.05) is 19.4 Å². The van der Waals surface area contributed by atoms with E-state index in [1.54, 1.807) is 0 Å². The number of allylic oxidation sites excluding steroid dienone is 10. The smallest absolute Gasteiger partial charge is 0.306 e. The van der Waals surface area contributed by atoms with Gasteiger partial charge in [-0.3, -0.25) is 9.59 Å². The van der Waals surface area contributed by atoms with Gasteiger partial charge in [0.15, 0.2) is 6.10 Å². The molecule has 0 aliphatic heterocycles. The summed E-state index contributed by atoms with van der Waals surface area (Å²) in [6.45, 7) is 7.73. The largest absolute Gasteiger partial charge is 0.462 e. The van der Waals surface area contributed by atoms with E-state index in [1.807, 2.05) is 0 Å². The SMILES string of the molecule is CC/C=C\C/C=C\C/C=C\CCCCCCCC(=O)OC(COCCCCCCCCCCCC/C=C\CCCCCCCC)COC(=O)CCCCCCCCC/C=C\CCCCCCCC. The lowest BCUT2D eigenvalue weighted by atomic mass is 10.1. The van der Waals surface area contributed by atoms with Crippen LogP contribution in [0.5, 0.6) is 0 Å². The third kappa shape index (κ3) is 56.2. The summed E-state index contributed by atoms with van der Waals surface area (Å²) in [7, 11) is 0. The number of carbonyl (C=O) groups excluding carboxylic acids is 2. The molecule has 0 fully saturated rings. The molecule has 0 radical (unpaired) electrons. The Hall–Kier alpha value is -2.40. The first-order valence-electron chi connectivity index (χ1n) is 29.8. The van der Waals surface area contributed by atoms with E-state index in [-0.39, 0.29) is 25.2 Å². The molecule has 0 aromatic heterocycles. The molecule has 0 amide bonds. The van der Waals surface area contributed by atoms with Gasteiger partial charge in [-0.05, 0) is 103 Å². The Bertz CT molecular complexity index is 1170. The molecule has 0 aliphatic carbocycles. The van der Waals surface area contributed by atoms with Crippen LogP contribution in [0.3, 0.4) is 0 Å². The van der Waals surface area contributed by atoms with Crippen molar-refractivity contribution in [3.8, 4) is 0 Å². The molecule has 1 atom stereocenters. The number of unbranched alkanes of at least 4 members (excludes halogenated alkanes) is 34. The van der Waals surface area contributed by atoms with Crippen molar-refractivity contribution in [3.63, 3.8) is 0 Å². The van der Waals surface area contributed by atoms with Gasteiger partial charge >= 0.3 is 11.9 Å². The van der Waals surface area contributed by atoms with E-state index >= 15 is 0 Å². The Morgan fingerprint density at radius 1 is 0.338 bits per heavy atom. The Balaban J connectivity index is 4.26. The monoisotopic (exact) mass is 951 g/mol. The van der Waals surface area contributed by atoms with Crippen LogP contribution in [0.2, 0.25) is 0 Å². The van der Waals surface area contributed by atoms with Crippen LogP contribution in [0.25, 0.3) is 0 Å². The average Bonchev–Trinajstić information content (AvgIpc) is 3.34. The quantitative estimate of drug-likeness (QED) is 0.0345. The first kappa shape index (κ1) is 65.6. The molecule has 68 heavy (non-hydrogen) atoms. The number of hydrogen-bond acceptors (Lipinski definition) is 5. The third-order valence-corrected chi connectivity index (χ3v) is 13.0. The van der Waals surface area contributed by atoms with Crippen molar-refractivity contribution in [1.29, 1.82) is 0 Å². The minimum atomic E-state index is -0.549. The van der Waals surface area contributed by atoms with Gasteiger partial charge in [0.1, 0.15) is 6.61 Å². The van der Waals surface area contributed by atoms with Crippen molar-refractivity contribution < 1.29 is 23.8 Å². The molecule has 0 rings (SSSR count). The summed E-state index contributed by atoms with van der Waals surface area (Å²) in [5.41, 5.74) is 0. The first-order chi connectivity index (χ1) is 33.6. The normalized spacial score (nSPS) is 12.6. The molecule has 0 N–H and O–H groups in total. The summed E-state index contributed by atoms with van der Waals surface area (Å²) >= 11 is 0. The van der Waals surface area contributed by atoms with Gasteiger partial charge in [-0.1, -0.05) is 248 Å². The summed E-state index contributed by atoms with van der Waals surface area (Å²) in [5.74, 6) is -0.410. The van der Waals surface area contributed by atoms with Crippen LogP contribution < -0.4 is 0 Å². The molecule has 0 aliphatic rings. The van der Waals surface area contributed by atoms with Crippen LogP contribution in [0.15, 0.2) is 60.8 Å². The van der Waals surface area contributed by atoms with Crippen molar-refractivity contribution in [3.05, 3.63) is 60.8 Å². The molecule has 0 saturated carbocycles. The van der Waals surface area contributed by atoms with Crippen molar-refractivity contribution >= 4 is 11.9 Å². The Morgan fingerprint density at radius 2 is 0.662 bits per heavy atom. The van der Waals surface area contributed by atoms with Crippen molar-refractivity contribution in [1.82, 2.24) is 0 Å². The predicted octanol–water partition coefficient (Wildman–Crippen LogP) is 20.5. The van der Waals surface area contributed by atoms with Gasteiger partial charge in [0.05, 0.1) is 6.61 Å². The van der Waals surface area contributed by atoms with Gasteiger partial charge < -0.3 is 14.2 Å². The molecule has 0 saturated heterocycles. The topological polar surface area (TPSA) is 61.8 Å². The number of ether oxygens (including phenoxy) is 3. The third-order valence-electron chi connectivity index (χ3n) is 13.0. The molecule has 0 spiro atoms. The van der Waals surface area contributed by atoms with E-state index in [0.29, 0.717) is 19.4 Å². The van der Waals surface area contributed by atoms with Crippen molar-refractivity contribution in [2.24, 2.45) is 0 Å². The lowest BCUT2D eigenvalue weighted by molar-refractivity contribution is -0.163. The molecule has 5 heteroatoms. The van der Waals surface area contributed by atoms with E-state index in [4.69, 9.17) is 14.2 Å². The van der Waals surface area contributed by atoms with Crippen LogP contribution in [-0.2, 0) is 23.8 Å². The first-order valence-corrected chi connectivity index (χ1v) is 29.8. The van der Waals surface area contributed by atoms with Gasteiger partial charge in [0.2, 0.25) is 0 Å². The van der Waals surface area contributed by atoms with E-state index in [9.17, 15) is 9.59 Å². The number of rotatable bonds is 55. The molecular weight excluding hydrogens is 837 g/mol. The van der Waals surface area contributed by atoms with Crippen molar-refractivity contribution in [2.75, 3.05) is 19.8 Å². The second-order valence-corrected chi connectivity index (χ2v) is 19.9. The highest BCUT2D eigenvalue weighted by molar-refractivity contribution is 5.70. The molecule has 0 bridgehead atoms. The highest BCUT2D eigenvalue weighted by Crippen LogP contribution is 2.15. The molecule has 0 heterocycles. The molecular formula is C63H114O5. The van der Waals surface area contributed by atoms with Crippen LogP contribution >= 0.6 is 0 Å². The standard InChI is InChI=1S/C63H114O5/c1-4-7-10-13-16-19-22-25-28-30-31-32-34-37-40-43-46-49-52-55-58-66-59-61(68-63(65)57-54-51-48-45-42-39-35-27-24-21-18-15-12-9-6-3)60-67-62(64)56-53-50-47-44-41-38-36-33-29-26-23-20-17-14-11-8-5-2/h9,12,18,21,25-29,35,61H,4-8,10-11,13-17,19-20,22-24,30-34,36-60H2,1-3H3/b12-9-,21-18-,28-25-,29-26-,35-27-. The Labute approximate surface area is 424 Å². The Kier molecular flexibility index (Phi) is 56.8. The van der Waals surface area contributed by atoms with Crippen LogP contribution in [0.1, 0.15) is 303 Å².